The van der Waals surface area contributed by atoms with Gasteiger partial charge in [-0.1, -0.05) is 41.9 Å². The van der Waals surface area contributed by atoms with E-state index in [0.29, 0.717) is 0 Å². The van der Waals surface area contributed by atoms with Crippen molar-refractivity contribution in [3.63, 3.8) is 0 Å². The Morgan fingerprint density at radius 2 is 1.87 bits per heavy atom. The van der Waals surface area contributed by atoms with E-state index in [1.807, 2.05) is 0 Å². The van der Waals surface area contributed by atoms with Crippen LogP contribution in [0.15, 0.2) is 12.3 Å². The van der Waals surface area contributed by atoms with Gasteiger partial charge in [0.15, 0.2) is 0 Å². The Morgan fingerprint density at radius 1 is 1.13 bits per heavy atom. The van der Waals surface area contributed by atoms with Crippen LogP contribution in [0.3, 0.4) is 0 Å². The van der Waals surface area contributed by atoms with Gasteiger partial charge in [-0.2, -0.15) is 0 Å². The van der Waals surface area contributed by atoms with Crippen LogP contribution in [-0.4, -0.2) is 14.6 Å². The summed E-state index contributed by atoms with van der Waals surface area (Å²) < 4.78 is 0.245. The van der Waals surface area contributed by atoms with Crippen LogP contribution in [0.5, 0.6) is 0 Å². The van der Waals surface area contributed by atoms with Crippen molar-refractivity contribution in [1.82, 2.24) is 10.4 Å². The topological polar surface area (TPSA) is 15.3 Å². The van der Waals surface area contributed by atoms with Gasteiger partial charge in [0.05, 0.1) is 0 Å². The molecule has 1 atom stereocenters. The first-order valence-corrected chi connectivity index (χ1v) is 7.30. The first-order valence-electron chi connectivity index (χ1n) is 6.22. The summed E-state index contributed by atoms with van der Waals surface area (Å²) in [7, 11) is 0. The summed E-state index contributed by atoms with van der Waals surface area (Å²) >= 11 is 2.59. The number of nitrogens with one attached hydrogen (secondary N) is 1. The number of hydrazine groups is 1. The van der Waals surface area contributed by atoms with Crippen LogP contribution in [0.2, 0.25) is 0 Å². The zero-order valence-electron chi connectivity index (χ0n) is 9.08. The largest absolute Gasteiger partial charge is 0.311 e. The molecule has 0 spiro atoms. The van der Waals surface area contributed by atoms with Gasteiger partial charge in [0.25, 0.3) is 0 Å². The maximum atomic E-state index is 3.71. The summed E-state index contributed by atoms with van der Waals surface area (Å²) in [5.41, 5.74) is 3.71. The second kappa shape index (κ2) is 3.91. The summed E-state index contributed by atoms with van der Waals surface area (Å²) in [5, 5.41) is 2.39. The summed E-state index contributed by atoms with van der Waals surface area (Å²) in [6.45, 7) is 0. The van der Waals surface area contributed by atoms with E-state index in [4.69, 9.17) is 0 Å². The van der Waals surface area contributed by atoms with Crippen molar-refractivity contribution in [2.45, 2.75) is 54.5 Å². The molecule has 2 nitrogen and oxygen atoms in total. The Morgan fingerprint density at radius 3 is 2.53 bits per heavy atom. The van der Waals surface area contributed by atoms with Gasteiger partial charge >= 0.3 is 0 Å². The first kappa shape index (κ1) is 10.4. The Labute approximate surface area is 106 Å². The van der Waals surface area contributed by atoms with E-state index in [2.05, 4.69) is 45.3 Å². The van der Waals surface area contributed by atoms with Crippen molar-refractivity contribution in [3.8, 4) is 0 Å². The zero-order valence-corrected chi connectivity index (χ0v) is 11.2. The molecule has 2 fully saturated rings. The lowest BCUT2D eigenvalue weighted by Crippen LogP contribution is -2.48. The van der Waals surface area contributed by atoms with Gasteiger partial charge in [-0.3, -0.25) is 0 Å². The standard InChI is InChI=1S/C12H19IN2/c13-12(10-6-7-10)8-9-15(14-12)11-4-2-1-3-5-11/h8-11,14H,1-7H2. The van der Waals surface area contributed by atoms with E-state index in [1.165, 1.54) is 44.9 Å². The molecule has 3 aliphatic rings. The van der Waals surface area contributed by atoms with E-state index in [0.717, 1.165) is 12.0 Å². The molecule has 0 aromatic rings. The van der Waals surface area contributed by atoms with Crippen LogP contribution in [0, 0.1) is 5.92 Å². The lowest BCUT2D eigenvalue weighted by molar-refractivity contribution is 0.152. The molecule has 3 rings (SSSR count). The van der Waals surface area contributed by atoms with E-state index in [1.54, 1.807) is 0 Å². The third-order valence-corrected chi connectivity index (χ3v) is 5.40. The fraction of sp³-hybridized carbons (Fsp3) is 0.833. The van der Waals surface area contributed by atoms with Crippen molar-refractivity contribution in [2.75, 3.05) is 0 Å². The van der Waals surface area contributed by atoms with Crippen LogP contribution >= 0.6 is 22.6 Å². The summed E-state index contributed by atoms with van der Waals surface area (Å²) in [5.74, 6) is 0.878. The van der Waals surface area contributed by atoms with Crippen LogP contribution in [0.4, 0.5) is 0 Å². The highest BCUT2D eigenvalue weighted by Gasteiger charge is 2.45. The van der Waals surface area contributed by atoms with Crippen molar-refractivity contribution in [3.05, 3.63) is 12.3 Å². The Kier molecular flexibility index (Phi) is 2.71. The molecule has 0 saturated heterocycles. The molecule has 0 radical (unpaired) electrons. The average molecular weight is 318 g/mol. The Hall–Kier alpha value is 0.230. The molecule has 3 heteroatoms. The summed E-state index contributed by atoms with van der Waals surface area (Å²) in [6, 6.07) is 0.755. The van der Waals surface area contributed by atoms with Gasteiger partial charge in [-0.25, -0.2) is 5.43 Å². The van der Waals surface area contributed by atoms with Gasteiger partial charge in [-0.05, 0) is 37.7 Å². The van der Waals surface area contributed by atoms with Gasteiger partial charge in [0.2, 0.25) is 0 Å². The zero-order chi connectivity index (χ0) is 10.3. The molecule has 2 saturated carbocycles. The molecular weight excluding hydrogens is 299 g/mol. The predicted octanol–water partition coefficient (Wildman–Crippen LogP) is 3.19. The number of alkyl halides is 1. The van der Waals surface area contributed by atoms with Gasteiger partial charge < -0.3 is 5.01 Å². The van der Waals surface area contributed by atoms with Crippen molar-refractivity contribution >= 4 is 22.6 Å². The van der Waals surface area contributed by atoms with Crippen molar-refractivity contribution in [2.24, 2.45) is 5.92 Å². The quantitative estimate of drug-likeness (QED) is 0.478. The van der Waals surface area contributed by atoms with Gasteiger partial charge in [0.1, 0.15) is 3.55 Å². The van der Waals surface area contributed by atoms with E-state index in [-0.39, 0.29) is 3.55 Å². The molecule has 2 aliphatic carbocycles. The smallest absolute Gasteiger partial charge is 0.111 e. The van der Waals surface area contributed by atoms with Crippen LogP contribution in [0.25, 0.3) is 0 Å². The third-order valence-electron chi connectivity index (χ3n) is 3.92. The highest BCUT2D eigenvalue weighted by atomic mass is 127. The molecule has 0 aromatic carbocycles. The molecule has 1 heterocycles. The molecule has 1 N–H and O–H groups in total. The second-order valence-electron chi connectivity index (χ2n) is 5.17. The van der Waals surface area contributed by atoms with Crippen LogP contribution in [0.1, 0.15) is 44.9 Å². The lowest BCUT2D eigenvalue weighted by Gasteiger charge is -2.34. The minimum absolute atomic E-state index is 0.245. The number of hydrogen-bond donors (Lipinski definition) is 1. The van der Waals surface area contributed by atoms with Crippen LogP contribution in [-0.2, 0) is 0 Å². The fourth-order valence-corrected chi connectivity index (χ4v) is 3.83. The molecule has 1 unspecified atom stereocenters. The lowest BCUT2D eigenvalue weighted by atomic mass is 9.95. The molecule has 0 bridgehead atoms. The number of halogens is 1. The Bertz CT molecular complexity index is 269. The number of nitrogens with zero attached hydrogens (tertiary/aromatic N) is 1. The predicted molar refractivity (Wildman–Crippen MR) is 70.5 cm³/mol. The Balaban J connectivity index is 1.63. The maximum Gasteiger partial charge on any atom is 0.111 e. The fourth-order valence-electron chi connectivity index (χ4n) is 2.76. The molecule has 84 valence electrons. The normalized spacial score (nSPS) is 37.5. The van der Waals surface area contributed by atoms with Gasteiger partial charge in [0, 0.05) is 12.2 Å². The number of rotatable bonds is 2. The molecular formula is C12H19IN2. The van der Waals surface area contributed by atoms with Crippen molar-refractivity contribution in [1.29, 1.82) is 0 Å². The van der Waals surface area contributed by atoms with E-state index in [9.17, 15) is 0 Å². The molecule has 0 amide bonds. The molecule has 1 aliphatic heterocycles. The summed E-state index contributed by atoms with van der Waals surface area (Å²) in [6.07, 6.45) is 14.5. The minimum atomic E-state index is 0.245. The number of hydrogen-bond acceptors (Lipinski definition) is 2. The maximum absolute atomic E-state index is 3.71. The van der Waals surface area contributed by atoms with E-state index < -0.39 is 0 Å². The first-order chi connectivity index (χ1) is 7.28. The van der Waals surface area contributed by atoms with E-state index >= 15 is 0 Å². The van der Waals surface area contributed by atoms with Crippen LogP contribution < -0.4 is 5.43 Å². The van der Waals surface area contributed by atoms with Gasteiger partial charge in [-0.15, -0.1) is 0 Å². The highest BCUT2D eigenvalue weighted by molar-refractivity contribution is 14.1. The molecule has 0 aromatic heterocycles. The SMILES string of the molecule is IC1(C2CC2)C=CN(C2CCCCC2)N1. The minimum Gasteiger partial charge on any atom is -0.311 e. The molecule has 15 heavy (non-hydrogen) atoms. The third kappa shape index (κ3) is 2.05. The van der Waals surface area contributed by atoms with Crippen molar-refractivity contribution < 1.29 is 0 Å². The summed E-state index contributed by atoms with van der Waals surface area (Å²) in [4.78, 5) is 0. The second-order valence-corrected chi connectivity index (χ2v) is 6.95. The highest BCUT2D eigenvalue weighted by Crippen LogP contribution is 2.47. The monoisotopic (exact) mass is 318 g/mol. The average Bonchev–Trinajstić information content (AvgIpc) is 3.05.